The standard InChI is InChI=1S/C36H54FN/c1-15-30(21-19-28(9)24-34(37)33(27(7)8)23-26(5)6)36(14,32(17-3)25-38-18-4)31(16-2)22-20-29(10)35(11,12)13/h15-16,18-22,25-26H,1-2,7,17,23-24H2,3-6,8-14H3/b28-19-,29-20+,30-21+,31-22+,32-25+,34-33+,38-18?. The second-order valence-corrected chi connectivity index (χ2v) is 11.7. The molecule has 0 amide bonds. The Balaban J connectivity index is 6.99. The molecule has 0 saturated heterocycles. The van der Waals surface area contributed by atoms with Crippen molar-refractivity contribution in [3.05, 3.63) is 107 Å². The van der Waals surface area contributed by atoms with Crippen molar-refractivity contribution in [2.75, 3.05) is 0 Å². The third-order valence-corrected chi connectivity index (χ3v) is 7.13. The third-order valence-electron chi connectivity index (χ3n) is 7.13. The second-order valence-electron chi connectivity index (χ2n) is 11.7. The Morgan fingerprint density at radius 2 is 1.45 bits per heavy atom. The molecule has 1 atom stereocenters. The van der Waals surface area contributed by atoms with Crippen LogP contribution < -0.4 is 0 Å². The molecule has 0 heterocycles. The van der Waals surface area contributed by atoms with Crippen molar-refractivity contribution < 1.29 is 4.39 Å². The van der Waals surface area contributed by atoms with Crippen LogP contribution in [0.2, 0.25) is 0 Å². The third kappa shape index (κ3) is 10.6. The smallest absolute Gasteiger partial charge is 0.107 e. The lowest BCUT2D eigenvalue weighted by Crippen LogP contribution is -2.24. The molecule has 2 heteroatoms. The van der Waals surface area contributed by atoms with Gasteiger partial charge in [-0.05, 0) is 81.1 Å². The molecule has 0 spiro atoms. The zero-order chi connectivity index (χ0) is 29.7. The van der Waals surface area contributed by atoms with Crippen LogP contribution in [0.1, 0.15) is 95.4 Å². The SMILES string of the molecule is C=C/C(=C\C=C(\C)C/C(F)=C(/CC(C)C)C(=C)C)C(C)(/C(C=C)=C/C=C(\C)C(C)(C)C)/C(=C/N=CC)CC. The highest BCUT2D eigenvalue weighted by molar-refractivity contribution is 5.56. The number of nitrogens with zero attached hydrogens (tertiary/aromatic N) is 1. The number of hydrogen-bond acceptors (Lipinski definition) is 1. The van der Waals surface area contributed by atoms with Gasteiger partial charge in [-0.3, -0.25) is 4.99 Å². The number of allylic oxidation sites excluding steroid dienone is 14. The van der Waals surface area contributed by atoms with E-state index in [0.29, 0.717) is 12.3 Å². The maximum Gasteiger partial charge on any atom is 0.107 e. The fourth-order valence-corrected chi connectivity index (χ4v) is 4.19. The average Bonchev–Trinajstić information content (AvgIpc) is 2.82. The summed E-state index contributed by atoms with van der Waals surface area (Å²) in [5, 5.41) is 0. The van der Waals surface area contributed by atoms with Crippen molar-refractivity contribution in [3.8, 4) is 0 Å². The van der Waals surface area contributed by atoms with E-state index in [4.69, 9.17) is 0 Å². The minimum Gasteiger partial charge on any atom is -0.269 e. The lowest BCUT2D eigenvalue weighted by atomic mass is 9.68. The van der Waals surface area contributed by atoms with Crippen molar-refractivity contribution >= 4 is 6.21 Å². The Morgan fingerprint density at radius 3 is 1.84 bits per heavy atom. The van der Waals surface area contributed by atoms with Gasteiger partial charge in [0.05, 0.1) is 0 Å². The molecule has 0 fully saturated rings. The minimum absolute atomic E-state index is 0.0713. The van der Waals surface area contributed by atoms with Gasteiger partial charge in [-0.1, -0.05) is 114 Å². The van der Waals surface area contributed by atoms with Gasteiger partial charge in [0.2, 0.25) is 0 Å². The molecular weight excluding hydrogens is 465 g/mol. The summed E-state index contributed by atoms with van der Waals surface area (Å²) in [5.74, 6) is 0.270. The molecule has 0 N–H and O–H groups in total. The summed E-state index contributed by atoms with van der Waals surface area (Å²) >= 11 is 0. The molecule has 0 aliphatic carbocycles. The zero-order valence-corrected chi connectivity index (χ0v) is 26.3. The molecule has 0 aromatic heterocycles. The molecule has 0 saturated carbocycles. The van der Waals surface area contributed by atoms with E-state index in [1.54, 1.807) is 6.21 Å². The Morgan fingerprint density at radius 1 is 0.921 bits per heavy atom. The van der Waals surface area contributed by atoms with Crippen LogP contribution in [0.15, 0.2) is 112 Å². The molecule has 1 nitrogen and oxygen atoms in total. The first-order valence-electron chi connectivity index (χ1n) is 13.8. The highest BCUT2D eigenvalue weighted by Crippen LogP contribution is 2.45. The monoisotopic (exact) mass is 519 g/mol. The summed E-state index contributed by atoms with van der Waals surface area (Å²) < 4.78 is 15.2. The Hall–Kier alpha value is -2.74. The molecular formula is C36H54FN. The highest BCUT2D eigenvalue weighted by Gasteiger charge is 2.33. The van der Waals surface area contributed by atoms with Crippen LogP contribution >= 0.6 is 0 Å². The van der Waals surface area contributed by atoms with Crippen molar-refractivity contribution in [2.45, 2.75) is 95.4 Å². The van der Waals surface area contributed by atoms with Crippen molar-refractivity contribution in [1.29, 1.82) is 0 Å². The van der Waals surface area contributed by atoms with E-state index in [0.717, 1.165) is 39.9 Å². The van der Waals surface area contributed by atoms with E-state index in [1.807, 2.05) is 45.2 Å². The van der Waals surface area contributed by atoms with Gasteiger partial charge in [-0.2, -0.15) is 0 Å². The van der Waals surface area contributed by atoms with Crippen molar-refractivity contribution in [1.82, 2.24) is 0 Å². The number of halogens is 1. The molecule has 38 heavy (non-hydrogen) atoms. The van der Waals surface area contributed by atoms with E-state index < -0.39 is 5.41 Å². The van der Waals surface area contributed by atoms with E-state index in [2.05, 4.69) is 98.3 Å². The first-order chi connectivity index (χ1) is 17.6. The first-order valence-corrected chi connectivity index (χ1v) is 13.8. The molecule has 0 rings (SSSR count). The lowest BCUT2D eigenvalue weighted by Gasteiger charge is -2.35. The Kier molecular flexibility index (Phi) is 15.1. The quantitative estimate of drug-likeness (QED) is 0.160. The summed E-state index contributed by atoms with van der Waals surface area (Å²) in [5.41, 5.74) is 6.53. The summed E-state index contributed by atoms with van der Waals surface area (Å²) in [6.45, 7) is 35.4. The minimum atomic E-state index is -0.509. The number of aliphatic imine (C=N–C) groups is 1. The topological polar surface area (TPSA) is 12.4 Å². The van der Waals surface area contributed by atoms with E-state index in [-0.39, 0.29) is 17.7 Å². The zero-order valence-electron chi connectivity index (χ0n) is 26.3. The summed E-state index contributed by atoms with van der Waals surface area (Å²) in [4.78, 5) is 4.47. The molecule has 210 valence electrons. The van der Waals surface area contributed by atoms with Crippen molar-refractivity contribution in [2.24, 2.45) is 21.7 Å². The molecule has 1 unspecified atom stereocenters. The Labute approximate surface area is 234 Å². The molecule has 0 radical (unpaired) electrons. The fourth-order valence-electron chi connectivity index (χ4n) is 4.19. The van der Waals surface area contributed by atoms with Crippen LogP contribution in [-0.2, 0) is 0 Å². The van der Waals surface area contributed by atoms with Gasteiger partial charge in [0.15, 0.2) is 0 Å². The van der Waals surface area contributed by atoms with Crippen LogP contribution in [0.4, 0.5) is 4.39 Å². The summed E-state index contributed by atoms with van der Waals surface area (Å²) in [7, 11) is 0. The average molecular weight is 520 g/mol. The van der Waals surface area contributed by atoms with Gasteiger partial charge >= 0.3 is 0 Å². The van der Waals surface area contributed by atoms with Gasteiger partial charge in [-0.25, -0.2) is 4.39 Å². The summed E-state index contributed by atoms with van der Waals surface area (Å²) in [6, 6.07) is 0. The van der Waals surface area contributed by atoms with Crippen LogP contribution in [0.25, 0.3) is 0 Å². The van der Waals surface area contributed by atoms with Crippen LogP contribution in [0.3, 0.4) is 0 Å². The molecule has 0 aliphatic heterocycles. The lowest BCUT2D eigenvalue weighted by molar-refractivity contribution is 0.504. The van der Waals surface area contributed by atoms with Crippen LogP contribution in [0.5, 0.6) is 0 Å². The second kappa shape index (κ2) is 16.3. The number of hydrogen-bond donors (Lipinski definition) is 0. The molecule has 0 bridgehead atoms. The normalized spacial score (nSPS) is 17.0. The Bertz CT molecular complexity index is 1060. The molecule has 0 aromatic rings. The maximum atomic E-state index is 15.2. The maximum absolute atomic E-state index is 15.2. The van der Waals surface area contributed by atoms with Gasteiger partial charge in [0, 0.05) is 24.3 Å². The largest absolute Gasteiger partial charge is 0.269 e. The van der Waals surface area contributed by atoms with Crippen LogP contribution in [0, 0.1) is 16.7 Å². The predicted octanol–water partition coefficient (Wildman–Crippen LogP) is 11.8. The molecule has 0 aromatic carbocycles. The van der Waals surface area contributed by atoms with Crippen LogP contribution in [-0.4, -0.2) is 6.21 Å². The van der Waals surface area contributed by atoms with E-state index >= 15 is 4.39 Å². The van der Waals surface area contributed by atoms with Gasteiger partial charge in [-0.15, -0.1) is 0 Å². The highest BCUT2D eigenvalue weighted by atomic mass is 19.1. The summed E-state index contributed by atoms with van der Waals surface area (Å²) in [6.07, 6.45) is 17.7. The van der Waals surface area contributed by atoms with Crippen molar-refractivity contribution in [3.63, 3.8) is 0 Å². The molecule has 0 aliphatic rings. The van der Waals surface area contributed by atoms with E-state index in [9.17, 15) is 0 Å². The predicted molar refractivity (Wildman–Crippen MR) is 171 cm³/mol. The van der Waals surface area contributed by atoms with Gasteiger partial charge in [0.25, 0.3) is 0 Å². The number of rotatable bonds is 14. The van der Waals surface area contributed by atoms with Gasteiger partial charge in [0.1, 0.15) is 5.83 Å². The fraction of sp³-hybridized carbons (Fsp3) is 0.472. The van der Waals surface area contributed by atoms with Gasteiger partial charge < -0.3 is 0 Å². The van der Waals surface area contributed by atoms with E-state index in [1.165, 1.54) is 5.57 Å². The first kappa shape index (κ1) is 35.3.